The molecule has 1 heterocycles. The molecule has 0 spiro atoms. The van der Waals surface area contributed by atoms with Gasteiger partial charge in [0.2, 0.25) is 0 Å². The van der Waals surface area contributed by atoms with E-state index in [4.69, 9.17) is 9.47 Å². The van der Waals surface area contributed by atoms with Crippen LogP contribution >= 0.6 is 0 Å². The molecule has 1 unspecified atom stereocenters. The molecule has 0 saturated carbocycles. The van der Waals surface area contributed by atoms with E-state index in [0.717, 1.165) is 17.9 Å². The number of hydrogen-bond donors (Lipinski definition) is 1. The Hall–Kier alpha value is -1.06. The Balaban J connectivity index is 2.16. The van der Waals surface area contributed by atoms with Crippen molar-refractivity contribution >= 4 is 0 Å². The molecule has 0 amide bonds. The first-order valence-electron chi connectivity index (χ1n) is 5.17. The summed E-state index contributed by atoms with van der Waals surface area (Å²) in [6, 6.07) is 8.02. The molecule has 3 heteroatoms. The van der Waals surface area contributed by atoms with E-state index in [1.807, 2.05) is 32.0 Å². The first-order valence-corrected chi connectivity index (χ1v) is 5.17. The van der Waals surface area contributed by atoms with Gasteiger partial charge in [-0.25, -0.2) is 0 Å². The summed E-state index contributed by atoms with van der Waals surface area (Å²) >= 11 is 0. The highest BCUT2D eigenvalue weighted by Crippen LogP contribution is 2.29. The lowest BCUT2D eigenvalue weighted by Crippen LogP contribution is -2.33. The first kappa shape index (κ1) is 10.5. The van der Waals surface area contributed by atoms with Crippen LogP contribution in [-0.4, -0.2) is 19.4 Å². The molecule has 3 nitrogen and oxygen atoms in total. The zero-order valence-electron chi connectivity index (χ0n) is 9.41. The number of benzene rings is 1. The molecule has 2 rings (SSSR count). The van der Waals surface area contributed by atoms with Crippen LogP contribution in [0, 0.1) is 0 Å². The summed E-state index contributed by atoms with van der Waals surface area (Å²) in [4.78, 5) is 0. The molecule has 1 aromatic carbocycles. The molecule has 15 heavy (non-hydrogen) atoms. The Labute approximate surface area is 90.4 Å². The van der Waals surface area contributed by atoms with E-state index < -0.39 is 0 Å². The molecular weight excluding hydrogens is 190 g/mol. The Kier molecular flexibility index (Phi) is 2.67. The summed E-state index contributed by atoms with van der Waals surface area (Å²) in [7, 11) is 1.68. The Morgan fingerprint density at radius 1 is 1.47 bits per heavy atom. The normalized spacial score (nSPS) is 24.1. The van der Waals surface area contributed by atoms with Gasteiger partial charge in [0.25, 0.3) is 0 Å². The van der Waals surface area contributed by atoms with Crippen molar-refractivity contribution in [3.05, 3.63) is 29.8 Å². The second-order valence-corrected chi connectivity index (χ2v) is 4.27. The summed E-state index contributed by atoms with van der Waals surface area (Å²) in [6.07, 6.45) is 0.120. The molecule has 82 valence electrons. The quantitative estimate of drug-likeness (QED) is 0.805. The van der Waals surface area contributed by atoms with Crippen LogP contribution in [0.4, 0.5) is 0 Å². The van der Waals surface area contributed by atoms with Crippen LogP contribution in [0.15, 0.2) is 24.3 Å². The second kappa shape index (κ2) is 3.83. The third kappa shape index (κ3) is 2.30. The number of nitrogens with one attached hydrogen (secondary N) is 1. The van der Waals surface area contributed by atoms with Gasteiger partial charge in [0.05, 0.1) is 13.2 Å². The molecule has 1 N–H and O–H groups in total. The highest BCUT2D eigenvalue weighted by atomic mass is 16.5. The second-order valence-electron chi connectivity index (χ2n) is 4.27. The van der Waals surface area contributed by atoms with Crippen LogP contribution in [0.2, 0.25) is 0 Å². The fraction of sp³-hybridized carbons (Fsp3) is 0.500. The van der Waals surface area contributed by atoms with Gasteiger partial charge in [0, 0.05) is 6.54 Å². The van der Waals surface area contributed by atoms with Crippen molar-refractivity contribution in [2.24, 2.45) is 0 Å². The summed E-state index contributed by atoms with van der Waals surface area (Å²) in [5.41, 5.74) is 0.931. The van der Waals surface area contributed by atoms with Crippen molar-refractivity contribution in [2.45, 2.75) is 25.7 Å². The van der Waals surface area contributed by atoms with Crippen molar-refractivity contribution in [1.82, 2.24) is 5.32 Å². The molecule has 1 aliphatic heterocycles. The van der Waals surface area contributed by atoms with Gasteiger partial charge in [-0.3, -0.25) is 5.32 Å². The van der Waals surface area contributed by atoms with Crippen LogP contribution in [0.25, 0.3) is 0 Å². The topological polar surface area (TPSA) is 30.5 Å². The maximum absolute atomic E-state index is 5.87. The summed E-state index contributed by atoms with van der Waals surface area (Å²) in [5, 5.41) is 3.32. The predicted octanol–water partition coefficient (Wildman–Crippen LogP) is 2.09. The Morgan fingerprint density at radius 3 is 2.87 bits per heavy atom. The first-order chi connectivity index (χ1) is 7.11. The van der Waals surface area contributed by atoms with Gasteiger partial charge in [-0.15, -0.1) is 0 Å². The summed E-state index contributed by atoms with van der Waals surface area (Å²) in [6.45, 7) is 4.92. The van der Waals surface area contributed by atoms with Gasteiger partial charge in [-0.2, -0.15) is 0 Å². The average Bonchev–Trinajstić information content (AvgIpc) is 2.59. The van der Waals surface area contributed by atoms with Gasteiger partial charge in [0.1, 0.15) is 11.5 Å². The third-order valence-electron chi connectivity index (χ3n) is 2.62. The minimum absolute atomic E-state index is 0.120. The van der Waals surface area contributed by atoms with Crippen LogP contribution in [0.5, 0.6) is 5.75 Å². The van der Waals surface area contributed by atoms with E-state index in [0.29, 0.717) is 0 Å². The largest absolute Gasteiger partial charge is 0.497 e. The maximum atomic E-state index is 5.87. The zero-order valence-corrected chi connectivity index (χ0v) is 9.41. The van der Waals surface area contributed by atoms with Gasteiger partial charge in [-0.05, 0) is 31.5 Å². The molecule has 1 saturated heterocycles. The molecule has 0 bridgehead atoms. The average molecular weight is 207 g/mol. The van der Waals surface area contributed by atoms with E-state index in [1.165, 1.54) is 0 Å². The fourth-order valence-corrected chi connectivity index (χ4v) is 1.81. The Bertz CT molecular complexity index is 349. The smallest absolute Gasteiger partial charge is 0.119 e. The van der Waals surface area contributed by atoms with Crippen molar-refractivity contribution in [3.8, 4) is 5.75 Å². The fourth-order valence-electron chi connectivity index (χ4n) is 1.81. The van der Waals surface area contributed by atoms with E-state index in [1.54, 1.807) is 7.11 Å². The van der Waals surface area contributed by atoms with E-state index >= 15 is 0 Å². The third-order valence-corrected chi connectivity index (χ3v) is 2.62. The molecule has 0 radical (unpaired) electrons. The molecule has 0 aliphatic carbocycles. The highest BCUT2D eigenvalue weighted by Gasteiger charge is 2.31. The van der Waals surface area contributed by atoms with Crippen LogP contribution in [-0.2, 0) is 4.74 Å². The number of rotatable bonds is 2. The number of methoxy groups -OCH3 is 1. The lowest BCUT2D eigenvalue weighted by molar-refractivity contribution is -0.0241. The molecule has 0 aromatic heterocycles. The van der Waals surface area contributed by atoms with Crippen molar-refractivity contribution in [1.29, 1.82) is 0 Å². The molecular formula is C12H17NO2. The maximum Gasteiger partial charge on any atom is 0.119 e. The minimum Gasteiger partial charge on any atom is -0.497 e. The lowest BCUT2D eigenvalue weighted by atomic mass is 10.1. The summed E-state index contributed by atoms with van der Waals surface area (Å²) in [5.74, 6) is 0.876. The van der Waals surface area contributed by atoms with Crippen LogP contribution in [0.3, 0.4) is 0 Å². The molecule has 1 atom stereocenters. The van der Waals surface area contributed by atoms with Gasteiger partial charge < -0.3 is 9.47 Å². The van der Waals surface area contributed by atoms with Gasteiger partial charge >= 0.3 is 0 Å². The van der Waals surface area contributed by atoms with Crippen molar-refractivity contribution < 1.29 is 9.47 Å². The summed E-state index contributed by atoms with van der Waals surface area (Å²) < 4.78 is 11.1. The molecule has 1 fully saturated rings. The molecule has 1 aromatic rings. The zero-order chi connectivity index (χ0) is 10.9. The number of hydrogen-bond acceptors (Lipinski definition) is 3. The van der Waals surface area contributed by atoms with Gasteiger partial charge in [0.15, 0.2) is 0 Å². The van der Waals surface area contributed by atoms with Crippen LogP contribution < -0.4 is 10.1 Å². The monoisotopic (exact) mass is 207 g/mol. The van der Waals surface area contributed by atoms with E-state index in [-0.39, 0.29) is 11.8 Å². The Morgan fingerprint density at radius 2 is 2.27 bits per heavy atom. The number of ether oxygens (including phenoxy) is 2. The van der Waals surface area contributed by atoms with Gasteiger partial charge in [-0.1, -0.05) is 12.1 Å². The SMILES string of the molecule is COc1cccc(C2CNC(C)(C)O2)c1. The van der Waals surface area contributed by atoms with Crippen molar-refractivity contribution in [2.75, 3.05) is 13.7 Å². The minimum atomic E-state index is -0.228. The molecule has 1 aliphatic rings. The standard InChI is InChI=1S/C12H17NO2/c1-12(2)13-8-11(15-12)9-5-4-6-10(7-9)14-3/h4-7,11,13H,8H2,1-3H3. The van der Waals surface area contributed by atoms with Crippen LogP contribution in [0.1, 0.15) is 25.5 Å². The van der Waals surface area contributed by atoms with Crippen molar-refractivity contribution in [3.63, 3.8) is 0 Å². The highest BCUT2D eigenvalue weighted by molar-refractivity contribution is 5.30. The lowest BCUT2D eigenvalue weighted by Gasteiger charge is -2.18. The van der Waals surface area contributed by atoms with E-state index in [9.17, 15) is 0 Å². The predicted molar refractivity (Wildman–Crippen MR) is 58.9 cm³/mol. The van der Waals surface area contributed by atoms with E-state index in [2.05, 4.69) is 11.4 Å².